The zero-order valence-corrected chi connectivity index (χ0v) is 9.75. The monoisotopic (exact) mass is 258 g/mol. The maximum atomic E-state index is 8.50. The van der Waals surface area contributed by atoms with Gasteiger partial charge in [-0.25, -0.2) is 0 Å². The summed E-state index contributed by atoms with van der Waals surface area (Å²) in [5.74, 6) is 0. The minimum Gasteiger partial charge on any atom is -0.396 e. The molecule has 0 aromatic rings. The van der Waals surface area contributed by atoms with E-state index in [0.29, 0.717) is 0 Å². The van der Waals surface area contributed by atoms with E-state index in [-0.39, 0.29) is 6.61 Å². The Hall–Kier alpha value is -0.110. The second-order valence-electron chi connectivity index (χ2n) is 2.97. The maximum absolute atomic E-state index is 8.50. The molecule has 0 fully saturated rings. The van der Waals surface area contributed by atoms with Crippen molar-refractivity contribution in [2.24, 2.45) is 5.41 Å². The summed E-state index contributed by atoms with van der Waals surface area (Å²) in [4.78, 5) is 16.1. The zero-order chi connectivity index (χ0) is 13.0. The van der Waals surface area contributed by atoms with Gasteiger partial charge in [0.15, 0.2) is 0 Å². The summed E-state index contributed by atoms with van der Waals surface area (Å²) in [5, 5.41) is 34.0. The molecule has 0 radical (unpaired) electrons. The van der Waals surface area contributed by atoms with E-state index in [0.717, 1.165) is 0 Å². The van der Waals surface area contributed by atoms with Gasteiger partial charge in [-0.2, -0.15) is 0 Å². The van der Waals surface area contributed by atoms with Crippen LogP contribution >= 0.6 is 8.60 Å². The number of rotatable bonds is 7. The molecule has 16 heavy (non-hydrogen) atoms. The van der Waals surface area contributed by atoms with E-state index in [1.54, 1.807) is 0 Å². The van der Waals surface area contributed by atoms with Crippen LogP contribution in [0.4, 0.5) is 0 Å². The van der Waals surface area contributed by atoms with Crippen LogP contribution in [0.15, 0.2) is 12.7 Å². The van der Waals surface area contributed by atoms with Crippen molar-refractivity contribution in [1.29, 1.82) is 0 Å². The normalized spacial score (nSPS) is 10.9. The second kappa shape index (κ2) is 11.4. The van der Waals surface area contributed by atoms with Crippen molar-refractivity contribution in [1.82, 2.24) is 0 Å². The lowest BCUT2D eigenvalue weighted by Gasteiger charge is -2.23. The minimum absolute atomic E-state index is 0.193. The molecule has 0 spiro atoms. The molecule has 0 heterocycles. The molecule has 0 atom stereocenters. The summed E-state index contributed by atoms with van der Waals surface area (Å²) in [5.41, 5.74) is -1.11. The molecule has 0 aromatic carbocycles. The fourth-order valence-corrected chi connectivity index (χ4v) is 0.658. The van der Waals surface area contributed by atoms with Crippen molar-refractivity contribution in [2.45, 2.75) is 0 Å². The van der Waals surface area contributed by atoms with Crippen molar-refractivity contribution >= 4 is 8.60 Å². The molecule has 0 unspecified atom stereocenters. The van der Waals surface area contributed by atoms with Crippen LogP contribution in [0.3, 0.4) is 0 Å². The molecule has 6 N–H and O–H groups in total. The zero-order valence-electron chi connectivity index (χ0n) is 8.86. The highest BCUT2D eigenvalue weighted by molar-refractivity contribution is 7.39. The topological polar surface area (TPSA) is 131 Å². The van der Waals surface area contributed by atoms with Crippen LogP contribution in [0.5, 0.6) is 0 Å². The van der Waals surface area contributed by atoms with E-state index in [4.69, 9.17) is 30.2 Å². The summed E-state index contributed by atoms with van der Waals surface area (Å²) >= 11 is 0. The van der Waals surface area contributed by atoms with E-state index in [1.807, 2.05) is 0 Å². The highest BCUT2D eigenvalue weighted by atomic mass is 31.2. The fourth-order valence-electron chi connectivity index (χ4n) is 0.419. The SMILES string of the molecule is C=CCOP(O)O.OCC(CO)(CO)CO. The lowest BCUT2D eigenvalue weighted by Crippen LogP contribution is -2.37. The van der Waals surface area contributed by atoms with E-state index in [1.165, 1.54) is 6.08 Å². The molecule has 0 saturated carbocycles. The lowest BCUT2D eigenvalue weighted by molar-refractivity contribution is -0.0328. The Labute approximate surface area is 95.2 Å². The Morgan fingerprint density at radius 3 is 1.44 bits per heavy atom. The van der Waals surface area contributed by atoms with Crippen LogP contribution in [0.2, 0.25) is 0 Å². The Balaban J connectivity index is 0. The largest absolute Gasteiger partial charge is 0.396 e. The van der Waals surface area contributed by atoms with Gasteiger partial charge in [0, 0.05) is 0 Å². The molecule has 0 saturated heterocycles. The van der Waals surface area contributed by atoms with Crippen molar-refractivity contribution in [3.05, 3.63) is 12.7 Å². The Kier molecular flexibility index (Phi) is 13.0. The number of hydrogen-bond donors (Lipinski definition) is 6. The van der Waals surface area contributed by atoms with E-state index >= 15 is 0 Å². The first-order valence-electron chi connectivity index (χ1n) is 4.37. The quantitative estimate of drug-likeness (QED) is 0.238. The summed E-state index contributed by atoms with van der Waals surface area (Å²) in [6.45, 7) is 1.86. The predicted molar refractivity (Wildman–Crippen MR) is 58.3 cm³/mol. The van der Waals surface area contributed by atoms with Crippen LogP contribution in [-0.4, -0.2) is 63.2 Å². The number of aliphatic hydroxyl groups is 4. The molecular weight excluding hydrogens is 239 g/mol. The Morgan fingerprint density at radius 1 is 1.00 bits per heavy atom. The van der Waals surface area contributed by atoms with Crippen LogP contribution in [0, 0.1) is 5.41 Å². The van der Waals surface area contributed by atoms with Crippen LogP contribution in [-0.2, 0) is 4.52 Å². The number of aliphatic hydroxyl groups excluding tert-OH is 4. The smallest absolute Gasteiger partial charge is 0.327 e. The molecule has 0 amide bonds. The number of hydrogen-bond acceptors (Lipinski definition) is 7. The van der Waals surface area contributed by atoms with Crippen LogP contribution in [0.1, 0.15) is 0 Å². The van der Waals surface area contributed by atoms with Crippen molar-refractivity contribution in [2.75, 3.05) is 33.0 Å². The lowest BCUT2D eigenvalue weighted by atomic mass is 9.93. The molecule has 7 nitrogen and oxygen atoms in total. The molecule has 0 aliphatic rings. The van der Waals surface area contributed by atoms with Gasteiger partial charge in [-0.1, -0.05) is 6.08 Å². The van der Waals surface area contributed by atoms with Crippen molar-refractivity contribution in [3.8, 4) is 0 Å². The van der Waals surface area contributed by atoms with Gasteiger partial charge in [0.25, 0.3) is 0 Å². The molecule has 0 rings (SSSR count). The standard InChI is InChI=1S/C5H12O4.C3H7O3P/c6-1-5(2-7,3-8)4-9;1-2-3-6-7(4)5/h6-9H,1-4H2;2,4-5H,1,3H2. The first kappa shape index (κ1) is 18.3. The molecule has 0 aromatic heterocycles. The third-order valence-corrected chi connectivity index (χ3v) is 2.03. The maximum Gasteiger partial charge on any atom is 0.327 e. The first-order valence-corrected chi connectivity index (χ1v) is 5.53. The molecule has 98 valence electrons. The first-order chi connectivity index (χ1) is 7.51. The average molecular weight is 258 g/mol. The Morgan fingerprint density at radius 2 is 1.38 bits per heavy atom. The van der Waals surface area contributed by atoms with Gasteiger partial charge in [0.05, 0.1) is 38.4 Å². The van der Waals surface area contributed by atoms with Gasteiger partial charge in [0.2, 0.25) is 0 Å². The van der Waals surface area contributed by atoms with Crippen LogP contribution < -0.4 is 0 Å². The molecule has 0 bridgehead atoms. The summed E-state index contributed by atoms with van der Waals surface area (Å²) in [6, 6.07) is 0. The van der Waals surface area contributed by atoms with Crippen molar-refractivity contribution in [3.63, 3.8) is 0 Å². The summed E-state index contributed by atoms with van der Waals surface area (Å²) < 4.78 is 4.25. The molecular formula is C8H19O7P. The third kappa shape index (κ3) is 9.14. The fraction of sp³-hybridized carbons (Fsp3) is 0.750. The van der Waals surface area contributed by atoms with Gasteiger partial charge < -0.3 is 34.7 Å². The molecule has 0 aliphatic carbocycles. The van der Waals surface area contributed by atoms with Gasteiger partial charge in [-0.3, -0.25) is 0 Å². The van der Waals surface area contributed by atoms with Gasteiger partial charge in [0.1, 0.15) is 0 Å². The second-order valence-corrected chi connectivity index (χ2v) is 3.73. The average Bonchev–Trinajstić information content (AvgIpc) is 2.31. The summed E-state index contributed by atoms with van der Waals surface area (Å²) in [6.07, 6.45) is 1.45. The van der Waals surface area contributed by atoms with Crippen molar-refractivity contribution < 1.29 is 34.7 Å². The minimum atomic E-state index is -2.18. The van der Waals surface area contributed by atoms with Gasteiger partial charge in [-0.05, 0) is 0 Å². The van der Waals surface area contributed by atoms with E-state index < -0.39 is 40.4 Å². The molecule has 8 heteroatoms. The molecule has 0 aliphatic heterocycles. The van der Waals surface area contributed by atoms with Gasteiger partial charge >= 0.3 is 8.60 Å². The highest BCUT2D eigenvalue weighted by Crippen LogP contribution is 2.23. The predicted octanol–water partition coefficient (Wildman–Crippen LogP) is -1.66. The van der Waals surface area contributed by atoms with E-state index in [9.17, 15) is 0 Å². The third-order valence-electron chi connectivity index (χ3n) is 1.65. The van der Waals surface area contributed by atoms with E-state index in [2.05, 4.69) is 11.1 Å². The Bertz CT molecular complexity index is 143. The highest BCUT2D eigenvalue weighted by Gasteiger charge is 2.26. The summed E-state index contributed by atoms with van der Waals surface area (Å²) in [7, 11) is -2.18. The van der Waals surface area contributed by atoms with Gasteiger partial charge in [-0.15, -0.1) is 6.58 Å². The van der Waals surface area contributed by atoms with Crippen LogP contribution in [0.25, 0.3) is 0 Å².